The van der Waals surface area contributed by atoms with Gasteiger partial charge in [-0.1, -0.05) is 54.6 Å². The van der Waals surface area contributed by atoms with Crippen LogP contribution in [0.5, 0.6) is 5.75 Å². The number of nitrogen functional groups attached to an aromatic ring is 1. The Morgan fingerprint density at radius 2 is 1.73 bits per heavy atom. The van der Waals surface area contributed by atoms with Crippen LogP contribution in [0.25, 0.3) is 16.3 Å². The molecule has 168 valence electrons. The predicted molar refractivity (Wildman–Crippen MR) is 137 cm³/mol. The zero-order valence-corrected chi connectivity index (χ0v) is 19.6. The molecular weight excluding hydrogens is 408 g/mol. The lowest BCUT2D eigenvalue weighted by Gasteiger charge is -2.26. The summed E-state index contributed by atoms with van der Waals surface area (Å²) in [5.41, 5.74) is 10.4. The number of nitrogens with two attached hydrogens (primary N) is 1. The largest absolute Gasteiger partial charge is 0.489 e. The third-order valence-electron chi connectivity index (χ3n) is 5.89. The average molecular weight is 439 g/mol. The molecular formula is C28H30N4O. The molecule has 0 saturated heterocycles. The summed E-state index contributed by atoms with van der Waals surface area (Å²) < 4.78 is 6.00. The smallest absolute Gasteiger partial charge is 0.142 e. The van der Waals surface area contributed by atoms with Gasteiger partial charge in [-0.2, -0.15) is 0 Å². The third kappa shape index (κ3) is 4.82. The van der Waals surface area contributed by atoms with Crippen LogP contribution in [0.1, 0.15) is 37.5 Å². The minimum atomic E-state index is 0.280. The monoisotopic (exact) mass is 438 g/mol. The molecule has 2 N–H and O–H groups in total. The Morgan fingerprint density at radius 1 is 1.00 bits per heavy atom. The lowest BCUT2D eigenvalue weighted by molar-refractivity contribution is 0.306. The average Bonchev–Trinajstić information content (AvgIpc) is 2.84. The second kappa shape index (κ2) is 9.74. The summed E-state index contributed by atoms with van der Waals surface area (Å²) in [7, 11) is 2.03. The zero-order valence-electron chi connectivity index (χ0n) is 19.6. The number of anilines is 2. The Hall–Kier alpha value is -3.86. The van der Waals surface area contributed by atoms with Gasteiger partial charge >= 0.3 is 0 Å². The van der Waals surface area contributed by atoms with Crippen molar-refractivity contribution in [2.24, 2.45) is 0 Å². The number of allylic oxidation sites excluding steroid dienone is 1. The highest BCUT2D eigenvalue weighted by Gasteiger charge is 2.19. The van der Waals surface area contributed by atoms with Gasteiger partial charge in [0.2, 0.25) is 0 Å². The van der Waals surface area contributed by atoms with Gasteiger partial charge in [-0.3, -0.25) is 0 Å². The predicted octanol–water partition coefficient (Wildman–Crippen LogP) is 6.09. The third-order valence-corrected chi connectivity index (χ3v) is 5.89. The lowest BCUT2D eigenvalue weighted by atomic mass is 9.95. The molecule has 0 bridgehead atoms. The molecule has 0 saturated carbocycles. The molecule has 0 aliphatic rings. The highest BCUT2D eigenvalue weighted by atomic mass is 16.5. The molecule has 33 heavy (non-hydrogen) atoms. The van der Waals surface area contributed by atoms with E-state index in [-0.39, 0.29) is 6.04 Å². The molecule has 4 rings (SSSR count). The Balaban J connectivity index is 1.66. The van der Waals surface area contributed by atoms with Crippen molar-refractivity contribution < 1.29 is 4.74 Å². The molecule has 0 fully saturated rings. The molecule has 0 aliphatic carbocycles. The van der Waals surface area contributed by atoms with Crippen molar-refractivity contribution in [1.82, 2.24) is 9.97 Å². The van der Waals surface area contributed by atoms with Gasteiger partial charge in [-0.15, -0.1) is 0 Å². The number of rotatable bonds is 7. The van der Waals surface area contributed by atoms with E-state index in [1.165, 1.54) is 6.33 Å². The van der Waals surface area contributed by atoms with Crippen LogP contribution in [0.4, 0.5) is 11.6 Å². The van der Waals surface area contributed by atoms with Crippen LogP contribution < -0.4 is 15.4 Å². The van der Waals surface area contributed by atoms with Crippen molar-refractivity contribution in [2.75, 3.05) is 17.7 Å². The van der Waals surface area contributed by atoms with Gasteiger partial charge in [-0.25, -0.2) is 9.97 Å². The standard InChI is InChI=1S/C28H30N4O/c1-5-25(26-27(29)30-18-31-28(26)32(4)19(2)3)23-12-11-22-16-24(14-13-21(22)15-23)33-17-20-9-7-6-8-10-20/h5-16,18-19H,17H2,1-4H3,(H2,29,30,31)/b25-5-. The maximum Gasteiger partial charge on any atom is 0.142 e. The van der Waals surface area contributed by atoms with E-state index in [0.717, 1.165) is 44.6 Å². The number of hydrogen-bond donors (Lipinski definition) is 1. The minimum absolute atomic E-state index is 0.280. The van der Waals surface area contributed by atoms with Crippen LogP contribution in [0, 0.1) is 0 Å². The molecule has 4 aromatic rings. The van der Waals surface area contributed by atoms with E-state index < -0.39 is 0 Å². The molecule has 1 heterocycles. The maximum absolute atomic E-state index is 6.35. The fourth-order valence-electron chi connectivity index (χ4n) is 3.84. The minimum Gasteiger partial charge on any atom is -0.489 e. The first-order chi connectivity index (χ1) is 16.0. The molecule has 1 aromatic heterocycles. The number of hydrogen-bond acceptors (Lipinski definition) is 5. The Labute approximate surface area is 195 Å². The Bertz CT molecular complexity index is 1280. The first kappa shape index (κ1) is 22.3. The summed E-state index contributed by atoms with van der Waals surface area (Å²) in [6, 6.07) is 23.1. The fraction of sp³-hybridized carbons (Fsp3) is 0.214. The van der Waals surface area contributed by atoms with Crippen molar-refractivity contribution in [3.63, 3.8) is 0 Å². The topological polar surface area (TPSA) is 64.3 Å². The van der Waals surface area contributed by atoms with E-state index in [9.17, 15) is 0 Å². The normalized spacial score (nSPS) is 11.7. The fourth-order valence-corrected chi connectivity index (χ4v) is 3.84. The van der Waals surface area contributed by atoms with Crippen molar-refractivity contribution in [3.05, 3.63) is 95.8 Å². The van der Waals surface area contributed by atoms with Gasteiger partial charge in [0.1, 0.15) is 30.3 Å². The van der Waals surface area contributed by atoms with Crippen LogP contribution in [-0.2, 0) is 6.61 Å². The first-order valence-corrected chi connectivity index (χ1v) is 11.2. The van der Waals surface area contributed by atoms with Gasteiger partial charge in [0, 0.05) is 13.1 Å². The summed E-state index contributed by atoms with van der Waals surface area (Å²) in [4.78, 5) is 10.9. The second-order valence-corrected chi connectivity index (χ2v) is 8.36. The number of nitrogens with zero attached hydrogens (tertiary/aromatic N) is 3. The van der Waals surface area contributed by atoms with Gasteiger partial charge in [0.25, 0.3) is 0 Å². The summed E-state index contributed by atoms with van der Waals surface area (Å²) in [6.07, 6.45) is 3.60. The molecule has 5 nitrogen and oxygen atoms in total. The van der Waals surface area contributed by atoms with E-state index in [1.54, 1.807) is 0 Å². The van der Waals surface area contributed by atoms with Gasteiger partial charge in [-0.05, 0) is 66.4 Å². The van der Waals surface area contributed by atoms with Crippen molar-refractivity contribution in [2.45, 2.75) is 33.4 Å². The van der Waals surface area contributed by atoms with Crippen LogP contribution in [0.15, 0.2) is 79.1 Å². The molecule has 0 aliphatic heterocycles. The summed E-state index contributed by atoms with van der Waals surface area (Å²) in [5.74, 6) is 2.16. The molecule has 0 radical (unpaired) electrons. The zero-order chi connectivity index (χ0) is 23.4. The van der Waals surface area contributed by atoms with Crippen LogP contribution in [0.2, 0.25) is 0 Å². The summed E-state index contributed by atoms with van der Waals surface area (Å²) in [5, 5.41) is 2.25. The summed E-state index contributed by atoms with van der Waals surface area (Å²) >= 11 is 0. The highest BCUT2D eigenvalue weighted by molar-refractivity contribution is 5.94. The van der Waals surface area contributed by atoms with Crippen LogP contribution >= 0.6 is 0 Å². The molecule has 0 unspecified atom stereocenters. The van der Waals surface area contributed by atoms with E-state index in [1.807, 2.05) is 38.2 Å². The quantitative estimate of drug-likeness (QED) is 0.378. The Kier molecular flexibility index (Phi) is 6.59. The van der Waals surface area contributed by atoms with Crippen LogP contribution in [0.3, 0.4) is 0 Å². The van der Waals surface area contributed by atoms with E-state index in [4.69, 9.17) is 10.5 Å². The summed E-state index contributed by atoms with van der Waals surface area (Å²) in [6.45, 7) is 6.83. The molecule has 5 heteroatoms. The number of benzene rings is 3. The van der Waals surface area contributed by atoms with Gasteiger partial charge in [0.15, 0.2) is 0 Å². The van der Waals surface area contributed by atoms with Gasteiger partial charge in [0.05, 0.1) is 5.56 Å². The molecule has 0 spiro atoms. The first-order valence-electron chi connectivity index (χ1n) is 11.2. The Morgan fingerprint density at radius 3 is 2.45 bits per heavy atom. The number of ether oxygens (including phenoxy) is 1. The number of aromatic nitrogens is 2. The van der Waals surface area contributed by atoms with Gasteiger partial charge < -0.3 is 15.4 Å². The van der Waals surface area contributed by atoms with E-state index >= 15 is 0 Å². The van der Waals surface area contributed by atoms with E-state index in [0.29, 0.717) is 12.4 Å². The second-order valence-electron chi connectivity index (χ2n) is 8.36. The van der Waals surface area contributed by atoms with Crippen LogP contribution in [-0.4, -0.2) is 23.1 Å². The van der Waals surface area contributed by atoms with E-state index in [2.05, 4.69) is 77.3 Å². The molecule has 0 atom stereocenters. The molecule has 3 aromatic carbocycles. The number of fused-ring (bicyclic) bond motifs is 1. The lowest BCUT2D eigenvalue weighted by Crippen LogP contribution is -2.28. The highest BCUT2D eigenvalue weighted by Crippen LogP contribution is 2.35. The van der Waals surface area contributed by atoms with Crippen molar-refractivity contribution >= 4 is 28.0 Å². The SMILES string of the molecule is C/C=C(/c1ccc2cc(OCc3ccccc3)ccc2c1)c1c(N)ncnc1N(C)C(C)C. The van der Waals surface area contributed by atoms with Crippen molar-refractivity contribution in [1.29, 1.82) is 0 Å². The van der Waals surface area contributed by atoms with Crippen molar-refractivity contribution in [3.8, 4) is 5.75 Å². The molecule has 0 amide bonds. The maximum atomic E-state index is 6.35.